The molecule has 1 aromatic heterocycles. The highest BCUT2D eigenvalue weighted by Gasteiger charge is 2.03. The monoisotopic (exact) mass is 262 g/mol. The Bertz CT molecular complexity index is 539. The molecule has 0 aliphatic rings. The van der Waals surface area contributed by atoms with Crippen molar-refractivity contribution in [3.05, 3.63) is 35.9 Å². The van der Waals surface area contributed by atoms with Gasteiger partial charge in [-0.2, -0.15) is 5.10 Å². The largest absolute Gasteiger partial charge is 0.507 e. The Morgan fingerprint density at radius 1 is 1.42 bits per heavy atom. The van der Waals surface area contributed by atoms with E-state index in [1.165, 1.54) is 0 Å². The summed E-state index contributed by atoms with van der Waals surface area (Å²) in [4.78, 5) is 4.15. The lowest BCUT2D eigenvalue weighted by atomic mass is 10.2. The van der Waals surface area contributed by atoms with Crippen LogP contribution in [0.2, 0.25) is 0 Å². The van der Waals surface area contributed by atoms with Gasteiger partial charge in [0.05, 0.1) is 7.11 Å². The lowest BCUT2D eigenvalue weighted by Crippen LogP contribution is -2.17. The molecule has 6 nitrogen and oxygen atoms in total. The van der Waals surface area contributed by atoms with E-state index in [4.69, 9.17) is 4.74 Å². The Labute approximate surface area is 112 Å². The predicted octanol–water partition coefficient (Wildman–Crippen LogP) is 0.862. The van der Waals surface area contributed by atoms with E-state index in [2.05, 4.69) is 15.4 Å². The zero-order chi connectivity index (χ0) is 13.7. The summed E-state index contributed by atoms with van der Waals surface area (Å²) in [7, 11) is 3.42. The standard InChI is InChI=1S/C13H18N4O2/c1-17-9-15-13(16-17)5-6-14-8-10-3-4-11(19-2)7-12(10)18/h3-4,7,9,14,18H,5-6,8H2,1-2H3. The van der Waals surface area contributed by atoms with E-state index in [1.54, 1.807) is 24.2 Å². The summed E-state index contributed by atoms with van der Waals surface area (Å²) in [5.74, 6) is 1.70. The Balaban J connectivity index is 1.79. The molecule has 19 heavy (non-hydrogen) atoms. The molecule has 6 heteroatoms. The molecular formula is C13H18N4O2. The van der Waals surface area contributed by atoms with E-state index < -0.39 is 0 Å². The van der Waals surface area contributed by atoms with Gasteiger partial charge in [-0.3, -0.25) is 4.68 Å². The molecule has 0 aliphatic carbocycles. The molecule has 0 saturated heterocycles. The molecule has 2 aromatic rings. The summed E-state index contributed by atoms with van der Waals surface area (Å²) in [5.41, 5.74) is 0.842. The van der Waals surface area contributed by atoms with Crippen LogP contribution < -0.4 is 10.1 Å². The molecule has 0 unspecified atom stereocenters. The molecule has 1 heterocycles. The van der Waals surface area contributed by atoms with Crippen LogP contribution in [0, 0.1) is 0 Å². The molecule has 102 valence electrons. The number of methoxy groups -OCH3 is 1. The van der Waals surface area contributed by atoms with Crippen molar-refractivity contribution in [1.82, 2.24) is 20.1 Å². The van der Waals surface area contributed by atoms with Crippen molar-refractivity contribution in [2.24, 2.45) is 7.05 Å². The van der Waals surface area contributed by atoms with Gasteiger partial charge in [-0.15, -0.1) is 0 Å². The maximum absolute atomic E-state index is 9.79. The highest BCUT2D eigenvalue weighted by Crippen LogP contribution is 2.22. The Hall–Kier alpha value is -2.08. The molecule has 2 N–H and O–H groups in total. The number of phenolic OH excluding ortho intramolecular Hbond substituents is 1. The maximum atomic E-state index is 9.79. The number of nitrogens with zero attached hydrogens (tertiary/aromatic N) is 3. The summed E-state index contributed by atoms with van der Waals surface area (Å²) < 4.78 is 6.72. The average molecular weight is 262 g/mol. The number of rotatable bonds is 6. The first kappa shape index (κ1) is 13.4. The number of phenols is 1. The number of aromatic hydroxyl groups is 1. The number of benzene rings is 1. The molecule has 0 saturated carbocycles. The first-order valence-electron chi connectivity index (χ1n) is 6.10. The lowest BCUT2D eigenvalue weighted by Gasteiger charge is -2.07. The van der Waals surface area contributed by atoms with Crippen LogP contribution in [-0.4, -0.2) is 33.5 Å². The maximum Gasteiger partial charge on any atom is 0.151 e. The fourth-order valence-corrected chi connectivity index (χ4v) is 1.74. The summed E-state index contributed by atoms with van der Waals surface area (Å²) in [5, 5.41) is 17.2. The van der Waals surface area contributed by atoms with Crippen molar-refractivity contribution in [2.75, 3.05) is 13.7 Å². The molecule has 2 rings (SSSR count). The number of ether oxygens (including phenoxy) is 1. The summed E-state index contributed by atoms with van der Waals surface area (Å²) in [6.45, 7) is 1.36. The van der Waals surface area contributed by atoms with E-state index in [0.717, 1.165) is 24.4 Å². The van der Waals surface area contributed by atoms with Gasteiger partial charge < -0.3 is 15.2 Å². The average Bonchev–Trinajstić information content (AvgIpc) is 2.82. The molecule has 0 amide bonds. The molecule has 1 aromatic carbocycles. The zero-order valence-electron chi connectivity index (χ0n) is 11.1. The minimum Gasteiger partial charge on any atom is -0.507 e. The normalized spacial score (nSPS) is 10.6. The van der Waals surface area contributed by atoms with Gasteiger partial charge in [-0.1, -0.05) is 6.07 Å². The summed E-state index contributed by atoms with van der Waals surface area (Å²) in [6.07, 6.45) is 2.45. The molecule has 0 fully saturated rings. The van der Waals surface area contributed by atoms with Crippen LogP contribution >= 0.6 is 0 Å². The van der Waals surface area contributed by atoms with E-state index in [0.29, 0.717) is 12.3 Å². The second-order valence-corrected chi connectivity index (χ2v) is 4.26. The molecule has 0 spiro atoms. The zero-order valence-corrected chi connectivity index (χ0v) is 11.1. The number of hydrogen-bond acceptors (Lipinski definition) is 5. The van der Waals surface area contributed by atoms with Crippen molar-refractivity contribution in [3.63, 3.8) is 0 Å². The van der Waals surface area contributed by atoms with Crippen LogP contribution in [0.3, 0.4) is 0 Å². The van der Waals surface area contributed by atoms with Gasteiger partial charge >= 0.3 is 0 Å². The van der Waals surface area contributed by atoms with Gasteiger partial charge in [-0.05, 0) is 6.07 Å². The Kier molecular flexibility index (Phi) is 4.35. The van der Waals surface area contributed by atoms with Gasteiger partial charge in [0, 0.05) is 38.2 Å². The topological polar surface area (TPSA) is 72.2 Å². The lowest BCUT2D eigenvalue weighted by molar-refractivity contribution is 0.406. The van der Waals surface area contributed by atoms with Gasteiger partial charge in [-0.25, -0.2) is 4.98 Å². The van der Waals surface area contributed by atoms with Crippen LogP contribution in [0.5, 0.6) is 11.5 Å². The van der Waals surface area contributed by atoms with Gasteiger partial charge in [0.1, 0.15) is 17.8 Å². The Morgan fingerprint density at radius 2 is 2.26 bits per heavy atom. The van der Waals surface area contributed by atoms with E-state index in [9.17, 15) is 5.11 Å². The SMILES string of the molecule is COc1ccc(CNCCc2ncn(C)n2)c(O)c1. The second kappa shape index (κ2) is 6.19. The number of nitrogens with one attached hydrogen (secondary N) is 1. The second-order valence-electron chi connectivity index (χ2n) is 4.26. The highest BCUT2D eigenvalue weighted by molar-refractivity contribution is 5.39. The molecular weight excluding hydrogens is 244 g/mol. The van der Waals surface area contributed by atoms with Gasteiger partial charge in [0.2, 0.25) is 0 Å². The minimum atomic E-state index is 0.239. The van der Waals surface area contributed by atoms with Crippen molar-refractivity contribution < 1.29 is 9.84 Å². The number of aryl methyl sites for hydroxylation is 1. The van der Waals surface area contributed by atoms with Crippen molar-refractivity contribution >= 4 is 0 Å². The third-order valence-corrected chi connectivity index (χ3v) is 2.78. The fraction of sp³-hybridized carbons (Fsp3) is 0.385. The smallest absolute Gasteiger partial charge is 0.151 e. The first-order chi connectivity index (χ1) is 9.19. The highest BCUT2D eigenvalue weighted by atomic mass is 16.5. The number of aromatic nitrogens is 3. The van der Waals surface area contributed by atoms with Crippen LogP contribution in [0.25, 0.3) is 0 Å². The predicted molar refractivity (Wildman–Crippen MR) is 71.1 cm³/mol. The minimum absolute atomic E-state index is 0.239. The van der Waals surface area contributed by atoms with E-state index >= 15 is 0 Å². The molecule has 0 aliphatic heterocycles. The summed E-state index contributed by atoms with van der Waals surface area (Å²) >= 11 is 0. The van der Waals surface area contributed by atoms with Crippen molar-refractivity contribution in [3.8, 4) is 11.5 Å². The quantitative estimate of drug-likeness (QED) is 0.755. The Morgan fingerprint density at radius 3 is 2.89 bits per heavy atom. The third kappa shape index (κ3) is 3.69. The van der Waals surface area contributed by atoms with Crippen LogP contribution in [0.1, 0.15) is 11.4 Å². The van der Waals surface area contributed by atoms with Crippen molar-refractivity contribution in [2.45, 2.75) is 13.0 Å². The third-order valence-electron chi connectivity index (χ3n) is 2.78. The van der Waals surface area contributed by atoms with Crippen LogP contribution in [0.15, 0.2) is 24.5 Å². The summed E-state index contributed by atoms with van der Waals surface area (Å²) in [6, 6.07) is 5.29. The van der Waals surface area contributed by atoms with Gasteiger partial charge in [0.15, 0.2) is 5.82 Å². The molecule has 0 atom stereocenters. The van der Waals surface area contributed by atoms with Crippen molar-refractivity contribution in [1.29, 1.82) is 0 Å². The number of hydrogen-bond donors (Lipinski definition) is 2. The molecule has 0 radical (unpaired) electrons. The first-order valence-corrected chi connectivity index (χ1v) is 6.10. The van der Waals surface area contributed by atoms with Crippen LogP contribution in [-0.2, 0) is 20.0 Å². The van der Waals surface area contributed by atoms with Crippen LogP contribution in [0.4, 0.5) is 0 Å². The fourth-order valence-electron chi connectivity index (χ4n) is 1.74. The van der Waals surface area contributed by atoms with E-state index in [1.807, 2.05) is 19.2 Å². The molecule has 0 bridgehead atoms. The van der Waals surface area contributed by atoms with Gasteiger partial charge in [0.25, 0.3) is 0 Å². The van der Waals surface area contributed by atoms with E-state index in [-0.39, 0.29) is 5.75 Å².